The fraction of sp³-hybridized carbons (Fsp3) is 0.833. The van der Waals surface area contributed by atoms with Gasteiger partial charge in [-0.1, -0.05) is 0 Å². The highest BCUT2D eigenvalue weighted by Crippen LogP contribution is 2.39. The average Bonchev–Trinajstić information content (AvgIpc) is 2.06. The minimum atomic E-state index is -3.23. The van der Waals surface area contributed by atoms with Gasteiger partial charge in [-0.15, -0.1) is 0 Å². The summed E-state index contributed by atoms with van der Waals surface area (Å²) in [5.41, 5.74) is -1.74. The third-order valence-corrected chi connectivity index (χ3v) is 4.64. The molecule has 116 valence electrons. The van der Waals surface area contributed by atoms with Gasteiger partial charge < -0.3 is 15.2 Å². The summed E-state index contributed by atoms with van der Waals surface area (Å²) in [4.78, 5) is 22.6. The first-order chi connectivity index (χ1) is 8.83. The molecular formula is C12H21NO6S. The largest absolute Gasteiger partial charge is 0.481 e. The van der Waals surface area contributed by atoms with Crippen molar-refractivity contribution in [3.05, 3.63) is 0 Å². The number of carboxylic acid groups (broad SMARTS) is 1. The summed E-state index contributed by atoms with van der Waals surface area (Å²) >= 11 is 0. The van der Waals surface area contributed by atoms with Crippen LogP contribution in [-0.2, 0) is 19.4 Å². The lowest BCUT2D eigenvalue weighted by molar-refractivity contribution is -0.139. The number of sulfone groups is 1. The molecule has 0 aliphatic heterocycles. The van der Waals surface area contributed by atoms with Crippen LogP contribution in [0.1, 0.15) is 40.0 Å². The monoisotopic (exact) mass is 307 g/mol. The van der Waals surface area contributed by atoms with E-state index in [-0.39, 0.29) is 19.3 Å². The Morgan fingerprint density at radius 2 is 1.85 bits per heavy atom. The fourth-order valence-corrected chi connectivity index (χ4v) is 3.46. The second-order valence-electron chi connectivity index (χ2n) is 6.34. The standard InChI is InChI=1S/C12H21NO6S/c1-11(2,3)19-10(16)13-12(7-9(14)15)5-8(6-12)20(4,17)18/h8H,5-7H2,1-4H3,(H,13,16)(H,14,15). The maximum atomic E-state index is 11.7. The number of ether oxygens (including phenoxy) is 1. The molecule has 20 heavy (non-hydrogen) atoms. The lowest BCUT2D eigenvalue weighted by atomic mass is 9.74. The number of carbonyl (C=O) groups is 2. The van der Waals surface area contributed by atoms with Crippen LogP contribution in [0, 0.1) is 0 Å². The summed E-state index contributed by atoms with van der Waals surface area (Å²) in [6.45, 7) is 5.07. The van der Waals surface area contributed by atoms with E-state index in [2.05, 4.69) is 5.32 Å². The van der Waals surface area contributed by atoms with Crippen molar-refractivity contribution in [1.82, 2.24) is 5.32 Å². The first-order valence-electron chi connectivity index (χ1n) is 6.25. The molecule has 0 atom stereocenters. The maximum absolute atomic E-state index is 11.7. The van der Waals surface area contributed by atoms with Gasteiger partial charge in [-0.2, -0.15) is 0 Å². The number of alkyl carbamates (subject to hydrolysis) is 1. The minimum Gasteiger partial charge on any atom is -0.481 e. The van der Waals surface area contributed by atoms with E-state index < -0.39 is 38.3 Å². The predicted molar refractivity (Wildman–Crippen MR) is 72.2 cm³/mol. The smallest absolute Gasteiger partial charge is 0.408 e. The van der Waals surface area contributed by atoms with Gasteiger partial charge in [0.05, 0.1) is 17.2 Å². The van der Waals surface area contributed by atoms with Crippen LogP contribution < -0.4 is 5.32 Å². The van der Waals surface area contributed by atoms with Crippen molar-refractivity contribution in [3.8, 4) is 0 Å². The van der Waals surface area contributed by atoms with Crippen molar-refractivity contribution >= 4 is 21.9 Å². The Bertz CT molecular complexity index is 499. The molecule has 0 radical (unpaired) electrons. The molecule has 0 spiro atoms. The summed E-state index contributed by atoms with van der Waals surface area (Å²) in [5.74, 6) is -1.09. The van der Waals surface area contributed by atoms with Gasteiger partial charge in [0.15, 0.2) is 0 Å². The molecule has 1 aliphatic rings. The molecule has 1 fully saturated rings. The molecule has 1 saturated carbocycles. The molecule has 1 aliphatic carbocycles. The second kappa shape index (κ2) is 5.23. The Morgan fingerprint density at radius 1 is 1.35 bits per heavy atom. The van der Waals surface area contributed by atoms with Crippen molar-refractivity contribution < 1.29 is 27.9 Å². The van der Waals surface area contributed by atoms with E-state index in [1.807, 2.05) is 0 Å². The third-order valence-electron chi connectivity index (χ3n) is 3.10. The third kappa shape index (κ3) is 4.66. The van der Waals surface area contributed by atoms with Crippen LogP contribution in [0.2, 0.25) is 0 Å². The fourth-order valence-electron chi connectivity index (χ4n) is 2.21. The van der Waals surface area contributed by atoms with E-state index in [9.17, 15) is 18.0 Å². The van der Waals surface area contributed by atoms with Gasteiger partial charge in [0.1, 0.15) is 15.4 Å². The van der Waals surface area contributed by atoms with Crippen molar-refractivity contribution in [2.24, 2.45) is 0 Å². The van der Waals surface area contributed by atoms with Gasteiger partial charge in [0, 0.05) is 6.26 Å². The van der Waals surface area contributed by atoms with E-state index in [4.69, 9.17) is 9.84 Å². The van der Waals surface area contributed by atoms with Gasteiger partial charge >= 0.3 is 12.1 Å². The molecule has 0 aromatic carbocycles. The number of hydrogen-bond acceptors (Lipinski definition) is 5. The zero-order valence-electron chi connectivity index (χ0n) is 12.1. The van der Waals surface area contributed by atoms with Gasteiger partial charge in [-0.05, 0) is 33.6 Å². The van der Waals surface area contributed by atoms with Crippen LogP contribution in [-0.4, -0.2) is 48.2 Å². The summed E-state index contributed by atoms with van der Waals surface area (Å²) in [7, 11) is -3.23. The second-order valence-corrected chi connectivity index (χ2v) is 8.66. The Morgan fingerprint density at radius 3 is 2.20 bits per heavy atom. The normalized spacial score (nSPS) is 26.5. The SMILES string of the molecule is CC(C)(C)OC(=O)NC1(CC(=O)O)CC(S(C)(=O)=O)C1. The summed E-state index contributed by atoms with van der Waals surface area (Å²) in [6, 6.07) is 0. The zero-order valence-corrected chi connectivity index (χ0v) is 12.9. The molecule has 1 amide bonds. The van der Waals surface area contributed by atoms with Crippen LogP contribution in [0.5, 0.6) is 0 Å². The maximum Gasteiger partial charge on any atom is 0.408 e. The lowest BCUT2D eigenvalue weighted by Crippen LogP contribution is -2.62. The predicted octanol–water partition coefficient (Wildman–Crippen LogP) is 0.932. The summed E-state index contributed by atoms with van der Waals surface area (Å²) in [6.07, 6.45) is 0.244. The molecule has 2 N–H and O–H groups in total. The number of amides is 1. The minimum absolute atomic E-state index is 0.0946. The Kier molecular flexibility index (Phi) is 4.38. The van der Waals surface area contributed by atoms with Gasteiger partial charge in [0.2, 0.25) is 0 Å². The van der Waals surface area contributed by atoms with Crippen molar-refractivity contribution in [2.45, 2.75) is 56.4 Å². The van der Waals surface area contributed by atoms with Crippen LogP contribution in [0.25, 0.3) is 0 Å². The quantitative estimate of drug-likeness (QED) is 0.799. The molecule has 1 rings (SSSR count). The van der Waals surface area contributed by atoms with Gasteiger partial charge in [0.25, 0.3) is 0 Å². The molecule has 0 saturated heterocycles. The van der Waals surface area contributed by atoms with Crippen molar-refractivity contribution in [2.75, 3.05) is 6.26 Å². The van der Waals surface area contributed by atoms with Crippen LogP contribution in [0.15, 0.2) is 0 Å². The van der Waals surface area contributed by atoms with E-state index >= 15 is 0 Å². The molecular weight excluding hydrogens is 286 g/mol. The molecule has 7 nitrogen and oxygen atoms in total. The highest BCUT2D eigenvalue weighted by molar-refractivity contribution is 7.91. The number of aliphatic carboxylic acids is 1. The molecule has 0 aromatic heterocycles. The van der Waals surface area contributed by atoms with Crippen LogP contribution in [0.3, 0.4) is 0 Å². The van der Waals surface area contributed by atoms with Crippen molar-refractivity contribution in [3.63, 3.8) is 0 Å². The first-order valence-corrected chi connectivity index (χ1v) is 8.20. The summed E-state index contributed by atoms with van der Waals surface area (Å²) < 4.78 is 27.9. The van der Waals surface area contributed by atoms with E-state index in [0.29, 0.717) is 0 Å². The Balaban J connectivity index is 2.74. The number of carboxylic acids is 1. The van der Waals surface area contributed by atoms with Crippen LogP contribution in [0.4, 0.5) is 4.79 Å². The van der Waals surface area contributed by atoms with E-state index in [1.165, 1.54) is 0 Å². The molecule has 0 heterocycles. The Hall–Kier alpha value is -1.31. The Labute approximate surface area is 118 Å². The van der Waals surface area contributed by atoms with E-state index in [1.54, 1.807) is 20.8 Å². The lowest BCUT2D eigenvalue weighted by Gasteiger charge is -2.46. The first kappa shape index (κ1) is 16.7. The van der Waals surface area contributed by atoms with E-state index in [0.717, 1.165) is 6.26 Å². The number of rotatable bonds is 4. The highest BCUT2D eigenvalue weighted by atomic mass is 32.2. The van der Waals surface area contributed by atoms with Gasteiger partial charge in [-0.3, -0.25) is 4.79 Å². The molecule has 0 aromatic rings. The molecule has 0 unspecified atom stereocenters. The van der Waals surface area contributed by atoms with Crippen molar-refractivity contribution in [1.29, 1.82) is 0 Å². The highest BCUT2D eigenvalue weighted by Gasteiger charge is 2.51. The zero-order chi connectivity index (χ0) is 15.8. The number of hydrogen-bond donors (Lipinski definition) is 2. The van der Waals surface area contributed by atoms with Crippen LogP contribution >= 0.6 is 0 Å². The van der Waals surface area contributed by atoms with Gasteiger partial charge in [-0.25, -0.2) is 13.2 Å². The average molecular weight is 307 g/mol. The number of carbonyl (C=O) groups excluding carboxylic acids is 1. The molecule has 0 bridgehead atoms. The topological polar surface area (TPSA) is 110 Å². The molecule has 8 heteroatoms. The summed E-state index contributed by atoms with van der Waals surface area (Å²) in [5, 5.41) is 10.8. The number of nitrogens with one attached hydrogen (secondary N) is 1.